The van der Waals surface area contributed by atoms with E-state index in [1.54, 1.807) is 17.0 Å². The van der Waals surface area contributed by atoms with Crippen molar-refractivity contribution in [1.82, 2.24) is 0 Å². The molecule has 0 bridgehead atoms. The van der Waals surface area contributed by atoms with Crippen LogP contribution >= 0.6 is 0 Å². The van der Waals surface area contributed by atoms with Crippen LogP contribution in [0.5, 0.6) is 0 Å². The minimum Gasteiger partial charge on any atom is -0.0620 e. The second kappa shape index (κ2) is 6.11. The molecule has 1 aromatic carbocycles. The van der Waals surface area contributed by atoms with Crippen LogP contribution in [0.4, 0.5) is 0 Å². The molecule has 0 nitrogen and oxygen atoms in total. The van der Waals surface area contributed by atoms with Crippen molar-refractivity contribution in [3.63, 3.8) is 0 Å². The van der Waals surface area contributed by atoms with Gasteiger partial charge in [0.1, 0.15) is 0 Å². The van der Waals surface area contributed by atoms with E-state index in [1.165, 1.54) is 57.8 Å². The average molecular weight is 255 g/mol. The highest BCUT2D eigenvalue weighted by atomic mass is 14.3. The summed E-state index contributed by atoms with van der Waals surface area (Å²) in [5, 5.41) is 0. The molecule has 0 unspecified atom stereocenters. The Morgan fingerprint density at radius 2 is 1.58 bits per heavy atom. The molecule has 0 aromatic heterocycles. The molecule has 1 radical (unpaired) electrons. The third-order valence-corrected chi connectivity index (χ3v) is 5.02. The van der Waals surface area contributed by atoms with Crippen LogP contribution in [0.15, 0.2) is 24.3 Å². The molecule has 0 heteroatoms. The van der Waals surface area contributed by atoms with Gasteiger partial charge in [-0.05, 0) is 42.2 Å². The molecule has 2 aliphatic carbocycles. The van der Waals surface area contributed by atoms with E-state index in [2.05, 4.69) is 31.2 Å². The number of rotatable bonds is 6. The average Bonchev–Trinajstić information content (AvgIpc) is 3.12. The summed E-state index contributed by atoms with van der Waals surface area (Å²) < 4.78 is 0. The maximum absolute atomic E-state index is 2.38. The lowest BCUT2D eigenvalue weighted by Gasteiger charge is -2.22. The van der Waals surface area contributed by atoms with Crippen molar-refractivity contribution in [2.75, 3.05) is 0 Å². The zero-order valence-electron chi connectivity index (χ0n) is 12.3. The first-order valence-corrected chi connectivity index (χ1v) is 8.29. The summed E-state index contributed by atoms with van der Waals surface area (Å²) in [5.74, 6) is 3.78. The Bertz CT molecular complexity index is 396. The molecule has 0 amide bonds. The third-order valence-electron chi connectivity index (χ3n) is 5.02. The van der Waals surface area contributed by atoms with E-state index in [0.717, 1.165) is 11.8 Å². The van der Waals surface area contributed by atoms with Gasteiger partial charge in [0, 0.05) is 5.92 Å². The minimum absolute atomic E-state index is 0.985. The number of aryl methyl sites for hydroxylation is 1. The number of benzene rings is 1. The molecular weight excluding hydrogens is 228 g/mol. The van der Waals surface area contributed by atoms with Crippen molar-refractivity contribution < 1.29 is 0 Å². The molecule has 2 aliphatic rings. The maximum Gasteiger partial charge on any atom is 0.00581 e. The highest BCUT2D eigenvalue weighted by Gasteiger charge is 2.29. The van der Waals surface area contributed by atoms with Gasteiger partial charge in [-0.15, -0.1) is 0 Å². The first-order chi connectivity index (χ1) is 9.36. The van der Waals surface area contributed by atoms with Crippen LogP contribution in [0, 0.1) is 17.8 Å². The lowest BCUT2D eigenvalue weighted by atomic mass is 9.82. The smallest absolute Gasteiger partial charge is 0.00581 e. The maximum atomic E-state index is 2.38. The van der Waals surface area contributed by atoms with E-state index in [9.17, 15) is 0 Å². The fourth-order valence-electron chi connectivity index (χ4n) is 3.71. The summed E-state index contributed by atoms with van der Waals surface area (Å²) in [6.45, 7) is 2.29. The van der Waals surface area contributed by atoms with Gasteiger partial charge in [0.2, 0.25) is 0 Å². The van der Waals surface area contributed by atoms with E-state index in [-0.39, 0.29) is 0 Å². The van der Waals surface area contributed by atoms with E-state index in [0.29, 0.717) is 0 Å². The van der Waals surface area contributed by atoms with Gasteiger partial charge in [0.25, 0.3) is 0 Å². The Morgan fingerprint density at radius 3 is 2.21 bits per heavy atom. The van der Waals surface area contributed by atoms with Gasteiger partial charge >= 0.3 is 0 Å². The van der Waals surface area contributed by atoms with Gasteiger partial charge in [-0.1, -0.05) is 69.7 Å². The zero-order chi connectivity index (χ0) is 13.1. The first kappa shape index (κ1) is 13.2. The van der Waals surface area contributed by atoms with Crippen molar-refractivity contribution >= 4 is 0 Å². The molecule has 0 atom stereocenters. The van der Waals surface area contributed by atoms with Crippen LogP contribution in [0.1, 0.15) is 69.4 Å². The summed E-state index contributed by atoms with van der Waals surface area (Å²) in [6, 6.07) is 9.14. The van der Waals surface area contributed by atoms with Gasteiger partial charge in [-0.3, -0.25) is 0 Å². The highest BCUT2D eigenvalue weighted by Crippen LogP contribution is 2.43. The fraction of sp³-hybridized carbons (Fsp3) is 0.632. The molecule has 0 saturated heterocycles. The predicted octanol–water partition coefficient (Wildman–Crippen LogP) is 5.55. The van der Waals surface area contributed by atoms with Crippen molar-refractivity contribution in [1.29, 1.82) is 0 Å². The highest BCUT2D eigenvalue weighted by molar-refractivity contribution is 5.39. The summed E-state index contributed by atoms with van der Waals surface area (Å²) in [6.07, 6.45) is 12.8. The monoisotopic (exact) mass is 255 g/mol. The lowest BCUT2D eigenvalue weighted by Crippen LogP contribution is -2.09. The van der Waals surface area contributed by atoms with Crippen molar-refractivity contribution in [3.05, 3.63) is 41.3 Å². The Labute approximate surface area is 118 Å². The number of hydrogen-bond donors (Lipinski definition) is 0. The summed E-state index contributed by atoms with van der Waals surface area (Å²) >= 11 is 0. The molecule has 2 fully saturated rings. The first-order valence-electron chi connectivity index (χ1n) is 8.29. The molecule has 19 heavy (non-hydrogen) atoms. The standard InChI is InChI=1S/C19H27/c1-2-17-9-5-6-10-19(17)18(14-16-11-12-16)13-15-7-3-4-8-15/h5-6,9-10,15-16H,2-4,7-8,11-14H2,1H3. The van der Waals surface area contributed by atoms with E-state index in [1.807, 2.05) is 0 Å². The molecule has 103 valence electrons. The zero-order valence-corrected chi connectivity index (χ0v) is 12.3. The van der Waals surface area contributed by atoms with Gasteiger partial charge < -0.3 is 0 Å². The second-order valence-corrected chi connectivity index (χ2v) is 6.62. The van der Waals surface area contributed by atoms with Gasteiger partial charge in [0.05, 0.1) is 0 Å². The Balaban J connectivity index is 1.75. The van der Waals surface area contributed by atoms with Gasteiger partial charge in [0.15, 0.2) is 0 Å². The van der Waals surface area contributed by atoms with E-state index >= 15 is 0 Å². The van der Waals surface area contributed by atoms with Crippen LogP contribution in [0.3, 0.4) is 0 Å². The molecule has 0 heterocycles. The van der Waals surface area contributed by atoms with Crippen molar-refractivity contribution in [2.24, 2.45) is 11.8 Å². The largest absolute Gasteiger partial charge is 0.0620 e. The Hall–Kier alpha value is -0.780. The van der Waals surface area contributed by atoms with Crippen LogP contribution in [0.2, 0.25) is 0 Å². The SMILES string of the molecule is CCc1ccccc1[C](CC1CCCC1)CC1CC1. The van der Waals surface area contributed by atoms with E-state index < -0.39 is 0 Å². The molecule has 1 aromatic rings. The van der Waals surface area contributed by atoms with Gasteiger partial charge in [-0.25, -0.2) is 0 Å². The van der Waals surface area contributed by atoms with Crippen LogP contribution in [0.25, 0.3) is 0 Å². The van der Waals surface area contributed by atoms with Crippen molar-refractivity contribution in [3.8, 4) is 0 Å². The molecule has 0 N–H and O–H groups in total. The Kier molecular flexibility index (Phi) is 4.25. The quantitative estimate of drug-likeness (QED) is 0.625. The number of hydrogen-bond acceptors (Lipinski definition) is 0. The lowest BCUT2D eigenvalue weighted by molar-refractivity contribution is 0.497. The second-order valence-electron chi connectivity index (χ2n) is 6.62. The molecular formula is C19H27. The van der Waals surface area contributed by atoms with Crippen LogP contribution < -0.4 is 0 Å². The topological polar surface area (TPSA) is 0 Å². The third kappa shape index (κ3) is 3.41. The molecule has 2 saturated carbocycles. The fourth-order valence-corrected chi connectivity index (χ4v) is 3.71. The molecule has 0 spiro atoms. The van der Waals surface area contributed by atoms with E-state index in [4.69, 9.17) is 0 Å². The normalized spacial score (nSPS) is 20.3. The molecule has 0 aliphatic heterocycles. The van der Waals surface area contributed by atoms with Gasteiger partial charge in [-0.2, -0.15) is 0 Å². The summed E-state index contributed by atoms with van der Waals surface area (Å²) in [7, 11) is 0. The molecule has 3 rings (SSSR count). The van der Waals surface area contributed by atoms with Crippen LogP contribution in [-0.4, -0.2) is 0 Å². The predicted molar refractivity (Wildman–Crippen MR) is 82.1 cm³/mol. The van der Waals surface area contributed by atoms with Crippen LogP contribution in [-0.2, 0) is 6.42 Å². The summed E-state index contributed by atoms with van der Waals surface area (Å²) in [4.78, 5) is 0. The minimum atomic E-state index is 0.985. The van der Waals surface area contributed by atoms with Crippen molar-refractivity contribution in [2.45, 2.75) is 64.7 Å². The Morgan fingerprint density at radius 1 is 0.947 bits per heavy atom. The summed E-state index contributed by atoms with van der Waals surface area (Å²) in [5.41, 5.74) is 3.17.